The summed E-state index contributed by atoms with van der Waals surface area (Å²) < 4.78 is 38.1. The van der Waals surface area contributed by atoms with E-state index in [1.807, 2.05) is 0 Å². The maximum Gasteiger partial charge on any atom is 0.338 e. The summed E-state index contributed by atoms with van der Waals surface area (Å²) in [6, 6.07) is 9.31. The molecule has 0 aliphatic rings. The molecule has 0 spiro atoms. The minimum Gasteiger partial charge on any atom is -0.462 e. The van der Waals surface area contributed by atoms with Gasteiger partial charge in [-0.1, -0.05) is 0 Å². The Kier molecular flexibility index (Phi) is 5.39. The van der Waals surface area contributed by atoms with Gasteiger partial charge in [0.05, 0.1) is 28.0 Å². The maximum absolute atomic E-state index is 12.2. The van der Waals surface area contributed by atoms with Crippen LogP contribution in [0.15, 0.2) is 47.5 Å². The molecule has 3 rings (SSSR count). The number of benzene rings is 2. The second-order valence-corrected chi connectivity index (χ2v) is 8.44. The highest BCUT2D eigenvalue weighted by Crippen LogP contribution is 2.32. The number of nitrogens with zero attached hydrogens (tertiary/aromatic N) is 3. The van der Waals surface area contributed by atoms with E-state index in [1.54, 1.807) is 49.1 Å². The molecule has 9 heteroatoms. The van der Waals surface area contributed by atoms with E-state index in [2.05, 4.69) is 5.10 Å². The minimum absolute atomic E-state index is 0.164. The van der Waals surface area contributed by atoms with Gasteiger partial charge in [0.25, 0.3) is 0 Å². The van der Waals surface area contributed by atoms with Crippen molar-refractivity contribution in [3.63, 3.8) is 0 Å². The molecule has 0 bridgehead atoms. The zero-order valence-corrected chi connectivity index (χ0v) is 16.9. The summed E-state index contributed by atoms with van der Waals surface area (Å²) >= 11 is 0. The number of hydrogen-bond acceptors (Lipinski definition) is 6. The summed E-state index contributed by atoms with van der Waals surface area (Å²) in [6.07, 6.45) is 1.78. The fraction of sp³-hybridized carbons (Fsp3) is 0.263. The lowest BCUT2D eigenvalue weighted by molar-refractivity contribution is 0.0526. The third-order valence-electron chi connectivity index (χ3n) is 4.04. The molecule has 148 valence electrons. The van der Waals surface area contributed by atoms with E-state index in [1.165, 1.54) is 26.2 Å². The van der Waals surface area contributed by atoms with E-state index in [0.717, 1.165) is 9.69 Å². The molecule has 0 aliphatic heterocycles. The van der Waals surface area contributed by atoms with E-state index in [4.69, 9.17) is 9.47 Å². The first-order chi connectivity index (χ1) is 13.2. The van der Waals surface area contributed by atoms with E-state index in [0.29, 0.717) is 22.6 Å². The summed E-state index contributed by atoms with van der Waals surface area (Å²) in [5, 5.41) is 5.05. The summed E-state index contributed by atoms with van der Waals surface area (Å²) in [5.41, 5.74) is 0.921. The van der Waals surface area contributed by atoms with E-state index in [9.17, 15) is 13.2 Å². The van der Waals surface area contributed by atoms with E-state index < -0.39 is 16.0 Å². The molecule has 0 aliphatic carbocycles. The first kappa shape index (κ1) is 19.8. The molecule has 0 atom stereocenters. The van der Waals surface area contributed by atoms with Crippen molar-refractivity contribution in [3.8, 4) is 11.5 Å². The van der Waals surface area contributed by atoms with Gasteiger partial charge < -0.3 is 9.47 Å². The van der Waals surface area contributed by atoms with Crippen LogP contribution in [0.5, 0.6) is 11.5 Å². The summed E-state index contributed by atoms with van der Waals surface area (Å²) in [6.45, 7) is 2.00. The molecule has 2 aromatic carbocycles. The molecule has 1 heterocycles. The van der Waals surface area contributed by atoms with E-state index >= 15 is 0 Å². The lowest BCUT2D eigenvalue weighted by Crippen LogP contribution is -2.22. The van der Waals surface area contributed by atoms with Crippen LogP contribution in [-0.2, 0) is 21.8 Å². The number of aryl methyl sites for hydroxylation is 1. The van der Waals surface area contributed by atoms with Crippen molar-refractivity contribution in [2.24, 2.45) is 7.05 Å². The smallest absolute Gasteiger partial charge is 0.338 e. The van der Waals surface area contributed by atoms with Gasteiger partial charge in [-0.2, -0.15) is 5.10 Å². The van der Waals surface area contributed by atoms with Crippen LogP contribution < -0.4 is 4.74 Å². The first-order valence-corrected chi connectivity index (χ1v) is 10.0. The summed E-state index contributed by atoms with van der Waals surface area (Å²) in [5.74, 6) is 0.396. The average Bonchev–Trinajstić information content (AvgIpc) is 3.02. The number of sulfonamides is 1. The van der Waals surface area contributed by atoms with Gasteiger partial charge in [0, 0.05) is 27.3 Å². The lowest BCUT2D eigenvalue weighted by atomic mass is 10.1. The maximum atomic E-state index is 12.2. The quantitative estimate of drug-likeness (QED) is 0.588. The Morgan fingerprint density at radius 1 is 1.18 bits per heavy atom. The van der Waals surface area contributed by atoms with Gasteiger partial charge in [-0.25, -0.2) is 17.5 Å². The minimum atomic E-state index is -3.52. The molecule has 8 nitrogen and oxygen atoms in total. The molecule has 1 aromatic heterocycles. The third kappa shape index (κ3) is 3.85. The molecule has 0 amide bonds. The molecule has 0 saturated heterocycles. The normalized spacial score (nSPS) is 11.8. The van der Waals surface area contributed by atoms with Crippen LogP contribution in [0.25, 0.3) is 10.9 Å². The predicted octanol–water partition coefficient (Wildman–Crippen LogP) is 2.79. The largest absolute Gasteiger partial charge is 0.462 e. The van der Waals surface area contributed by atoms with Crippen LogP contribution in [0.4, 0.5) is 0 Å². The van der Waals surface area contributed by atoms with Crippen molar-refractivity contribution < 1.29 is 22.7 Å². The Labute approximate surface area is 163 Å². The molecule has 0 unspecified atom stereocenters. The van der Waals surface area contributed by atoms with Gasteiger partial charge in [-0.3, -0.25) is 4.68 Å². The van der Waals surface area contributed by atoms with Crippen LogP contribution >= 0.6 is 0 Å². The molecular weight excluding hydrogens is 382 g/mol. The highest BCUT2D eigenvalue weighted by Gasteiger charge is 2.18. The fourth-order valence-electron chi connectivity index (χ4n) is 2.64. The summed E-state index contributed by atoms with van der Waals surface area (Å²) in [7, 11) is 1.20. The fourth-order valence-corrected chi connectivity index (χ4v) is 3.55. The van der Waals surface area contributed by atoms with Crippen LogP contribution in [0.1, 0.15) is 17.3 Å². The average molecular weight is 403 g/mol. The molecule has 0 N–H and O–H groups in total. The van der Waals surface area contributed by atoms with Crippen LogP contribution in [0, 0.1) is 0 Å². The van der Waals surface area contributed by atoms with Crippen molar-refractivity contribution in [1.29, 1.82) is 0 Å². The number of esters is 1. The van der Waals surface area contributed by atoms with Crippen LogP contribution in [0.2, 0.25) is 0 Å². The van der Waals surface area contributed by atoms with Crippen molar-refractivity contribution in [3.05, 3.63) is 48.2 Å². The highest BCUT2D eigenvalue weighted by atomic mass is 32.2. The Morgan fingerprint density at radius 2 is 1.86 bits per heavy atom. The van der Waals surface area contributed by atoms with Crippen molar-refractivity contribution in [2.45, 2.75) is 11.8 Å². The number of rotatable bonds is 6. The standard InChI is InChI=1S/C19H21N3O5S/c1-5-26-19(23)13-10-17-16(12-22(4)20-17)18(11-13)27-14-6-8-15(9-7-14)28(24,25)21(2)3/h6-12H,5H2,1-4H3. The zero-order valence-electron chi connectivity index (χ0n) is 16.0. The molecule has 0 radical (unpaired) electrons. The van der Waals surface area contributed by atoms with Gasteiger partial charge in [-0.15, -0.1) is 0 Å². The highest BCUT2D eigenvalue weighted by molar-refractivity contribution is 7.89. The van der Waals surface area contributed by atoms with Crippen LogP contribution in [0.3, 0.4) is 0 Å². The number of carbonyl (C=O) groups excluding carboxylic acids is 1. The number of fused-ring (bicyclic) bond motifs is 1. The number of hydrogen-bond donors (Lipinski definition) is 0. The predicted molar refractivity (Wildman–Crippen MR) is 104 cm³/mol. The number of carbonyl (C=O) groups is 1. The molecular formula is C19H21N3O5S. The molecule has 0 saturated carbocycles. The van der Waals surface area contributed by atoms with Gasteiger partial charge in [0.2, 0.25) is 10.0 Å². The Hall–Kier alpha value is -2.91. The van der Waals surface area contributed by atoms with Crippen LogP contribution in [-0.4, -0.2) is 49.2 Å². The molecule has 0 fully saturated rings. The van der Waals surface area contributed by atoms with Gasteiger partial charge in [0.1, 0.15) is 11.5 Å². The van der Waals surface area contributed by atoms with Crippen molar-refractivity contribution in [2.75, 3.05) is 20.7 Å². The monoisotopic (exact) mass is 403 g/mol. The SMILES string of the molecule is CCOC(=O)c1cc(Oc2ccc(S(=O)(=O)N(C)C)cc2)c2cn(C)nc2c1. The lowest BCUT2D eigenvalue weighted by Gasteiger charge is -2.12. The van der Waals surface area contributed by atoms with E-state index in [-0.39, 0.29) is 11.5 Å². The number of ether oxygens (including phenoxy) is 2. The zero-order chi connectivity index (χ0) is 20.5. The second-order valence-electron chi connectivity index (χ2n) is 6.29. The van der Waals surface area contributed by atoms with Gasteiger partial charge in [-0.05, 0) is 43.3 Å². The first-order valence-electron chi connectivity index (χ1n) is 8.57. The summed E-state index contributed by atoms with van der Waals surface area (Å²) in [4.78, 5) is 12.3. The molecule has 3 aromatic rings. The second kappa shape index (κ2) is 7.61. The Bertz CT molecular complexity index is 1120. The number of aromatic nitrogens is 2. The van der Waals surface area contributed by atoms with Gasteiger partial charge >= 0.3 is 5.97 Å². The van der Waals surface area contributed by atoms with Crippen molar-refractivity contribution >= 4 is 26.9 Å². The Balaban J connectivity index is 1.98. The Morgan fingerprint density at radius 3 is 2.46 bits per heavy atom. The molecule has 28 heavy (non-hydrogen) atoms. The van der Waals surface area contributed by atoms with Gasteiger partial charge in [0.15, 0.2) is 0 Å². The third-order valence-corrected chi connectivity index (χ3v) is 5.87. The van der Waals surface area contributed by atoms with Crippen molar-refractivity contribution in [1.82, 2.24) is 14.1 Å². The topological polar surface area (TPSA) is 90.7 Å².